The van der Waals surface area contributed by atoms with Crippen molar-refractivity contribution < 1.29 is 18.9 Å². The topological polar surface area (TPSA) is 61.3 Å². The van der Waals surface area contributed by atoms with Gasteiger partial charge in [-0.2, -0.15) is 0 Å². The Morgan fingerprint density at radius 2 is 1.53 bits per heavy atom. The van der Waals surface area contributed by atoms with Crippen LogP contribution in [0.5, 0.6) is 0 Å². The number of nitrogens with one attached hydrogen (secondary N) is 1. The minimum atomic E-state index is -0.303. The minimum Gasteiger partial charge on any atom is -0.383 e. The summed E-state index contributed by atoms with van der Waals surface area (Å²) < 4.78 is 20.3. The van der Waals surface area contributed by atoms with E-state index in [-0.39, 0.29) is 12.6 Å². The number of methoxy groups -OCH3 is 4. The lowest BCUT2D eigenvalue weighted by molar-refractivity contribution is -0.0975. The van der Waals surface area contributed by atoms with E-state index in [2.05, 4.69) is 10.3 Å². The molecule has 19 heavy (non-hydrogen) atoms. The molecule has 0 fully saturated rings. The fourth-order valence-corrected chi connectivity index (χ4v) is 1.38. The predicted molar refractivity (Wildman–Crippen MR) is 75.3 cm³/mol. The van der Waals surface area contributed by atoms with Gasteiger partial charge in [0.1, 0.15) is 0 Å². The van der Waals surface area contributed by atoms with Gasteiger partial charge in [0.05, 0.1) is 13.1 Å². The van der Waals surface area contributed by atoms with Gasteiger partial charge in [0.25, 0.3) is 0 Å². The summed E-state index contributed by atoms with van der Waals surface area (Å²) in [6.45, 7) is 4.95. The van der Waals surface area contributed by atoms with E-state index in [1.165, 1.54) is 0 Å². The van der Waals surface area contributed by atoms with Crippen molar-refractivity contribution in [2.75, 3.05) is 41.5 Å². The molecule has 112 valence electrons. The van der Waals surface area contributed by atoms with Crippen molar-refractivity contribution in [1.29, 1.82) is 0 Å². The smallest absolute Gasteiger partial charge is 0.176 e. The normalized spacial score (nSPS) is 13.5. The average molecular weight is 274 g/mol. The average Bonchev–Trinajstić information content (AvgIpc) is 2.41. The molecule has 0 aliphatic rings. The molecule has 6 heteroatoms. The molecule has 0 unspecified atom stereocenters. The van der Waals surface area contributed by atoms with Crippen LogP contribution < -0.4 is 5.32 Å². The fraction of sp³-hybridized carbons (Fsp3) is 0.769. The van der Waals surface area contributed by atoms with Gasteiger partial charge in [0.15, 0.2) is 12.6 Å². The summed E-state index contributed by atoms with van der Waals surface area (Å²) in [6.07, 6.45) is 1.39. The molecule has 0 heterocycles. The Labute approximate surface area is 115 Å². The maximum atomic E-state index is 5.09. The third kappa shape index (κ3) is 8.72. The number of hydrogen-bond acceptors (Lipinski definition) is 6. The van der Waals surface area contributed by atoms with Crippen LogP contribution >= 0.6 is 0 Å². The summed E-state index contributed by atoms with van der Waals surface area (Å²) in [6, 6.07) is 0. The lowest BCUT2D eigenvalue weighted by Crippen LogP contribution is -2.28. The van der Waals surface area contributed by atoms with Crippen LogP contribution in [0.1, 0.15) is 13.8 Å². The summed E-state index contributed by atoms with van der Waals surface area (Å²) in [5.74, 6) is 0. The largest absolute Gasteiger partial charge is 0.383 e. The molecule has 0 radical (unpaired) electrons. The van der Waals surface area contributed by atoms with Gasteiger partial charge in [0.2, 0.25) is 0 Å². The molecule has 0 aromatic rings. The third-order valence-corrected chi connectivity index (χ3v) is 2.51. The third-order valence-electron chi connectivity index (χ3n) is 2.51. The van der Waals surface area contributed by atoms with Crippen LogP contribution in [0.4, 0.5) is 0 Å². The standard InChI is InChI=1S/C13H26N2O4/c1-10(14-8-12(16-3)17-4)7-11(2)15-9-13(18-5)19-6/h7,12-14H,8-9H2,1-6H3/b10-7-,15-11-. The zero-order valence-electron chi connectivity index (χ0n) is 12.7. The van der Waals surface area contributed by atoms with E-state index in [9.17, 15) is 0 Å². The second-order valence-corrected chi connectivity index (χ2v) is 3.99. The van der Waals surface area contributed by atoms with Crippen LogP contribution in [0.3, 0.4) is 0 Å². The Bertz CT molecular complexity index is 284. The zero-order valence-corrected chi connectivity index (χ0v) is 12.7. The van der Waals surface area contributed by atoms with E-state index in [4.69, 9.17) is 18.9 Å². The fourth-order valence-electron chi connectivity index (χ4n) is 1.38. The highest BCUT2D eigenvalue weighted by atomic mass is 16.7. The van der Waals surface area contributed by atoms with Gasteiger partial charge in [-0.25, -0.2) is 0 Å². The summed E-state index contributed by atoms with van der Waals surface area (Å²) in [4.78, 5) is 4.36. The Hall–Kier alpha value is -0.950. The van der Waals surface area contributed by atoms with Crippen molar-refractivity contribution in [3.05, 3.63) is 11.8 Å². The molecule has 0 atom stereocenters. The summed E-state index contributed by atoms with van der Waals surface area (Å²) >= 11 is 0. The molecule has 1 N–H and O–H groups in total. The number of allylic oxidation sites excluding steroid dienone is 2. The van der Waals surface area contributed by atoms with Crippen LogP contribution in [-0.2, 0) is 18.9 Å². The lowest BCUT2D eigenvalue weighted by atomic mass is 10.3. The van der Waals surface area contributed by atoms with Crippen LogP contribution in [0.15, 0.2) is 16.8 Å². The van der Waals surface area contributed by atoms with Gasteiger partial charge in [-0.15, -0.1) is 0 Å². The molecule has 6 nitrogen and oxygen atoms in total. The maximum absolute atomic E-state index is 5.09. The van der Waals surface area contributed by atoms with E-state index in [0.29, 0.717) is 13.1 Å². The van der Waals surface area contributed by atoms with Crippen LogP contribution in [0.25, 0.3) is 0 Å². The molecule has 0 aliphatic carbocycles. The summed E-state index contributed by atoms with van der Waals surface area (Å²) in [5.41, 5.74) is 1.89. The Kier molecular flexibility index (Phi) is 10.4. The number of ether oxygens (including phenoxy) is 4. The van der Waals surface area contributed by atoms with E-state index in [1.807, 2.05) is 19.9 Å². The van der Waals surface area contributed by atoms with Crippen LogP contribution in [-0.4, -0.2) is 59.8 Å². The van der Waals surface area contributed by atoms with Crippen molar-refractivity contribution in [3.8, 4) is 0 Å². The monoisotopic (exact) mass is 274 g/mol. The predicted octanol–water partition coefficient (Wildman–Crippen LogP) is 1.18. The van der Waals surface area contributed by atoms with Gasteiger partial charge in [-0.05, 0) is 19.9 Å². The summed E-state index contributed by atoms with van der Waals surface area (Å²) in [7, 11) is 6.41. The second-order valence-electron chi connectivity index (χ2n) is 3.99. The van der Waals surface area contributed by atoms with Crippen molar-refractivity contribution >= 4 is 5.71 Å². The van der Waals surface area contributed by atoms with E-state index >= 15 is 0 Å². The Morgan fingerprint density at radius 1 is 1.00 bits per heavy atom. The molecule has 0 saturated carbocycles. The SMILES string of the molecule is COC(C/N=C(C)\C=C(\C)NCC(OC)OC)OC. The van der Waals surface area contributed by atoms with Crippen molar-refractivity contribution in [2.24, 2.45) is 4.99 Å². The first kappa shape index (κ1) is 18.0. The van der Waals surface area contributed by atoms with E-state index in [1.54, 1.807) is 28.4 Å². The number of nitrogens with zero attached hydrogens (tertiary/aromatic N) is 1. The first-order chi connectivity index (χ1) is 9.07. The van der Waals surface area contributed by atoms with Crippen LogP contribution in [0, 0.1) is 0 Å². The molecular weight excluding hydrogens is 248 g/mol. The molecule has 0 saturated heterocycles. The number of hydrogen-bond donors (Lipinski definition) is 1. The first-order valence-electron chi connectivity index (χ1n) is 6.11. The molecule has 0 aliphatic heterocycles. The molecule has 0 aromatic heterocycles. The highest BCUT2D eigenvalue weighted by molar-refractivity contribution is 5.93. The number of rotatable bonds is 10. The van der Waals surface area contributed by atoms with Gasteiger partial charge < -0.3 is 24.3 Å². The highest BCUT2D eigenvalue weighted by Gasteiger charge is 2.04. The summed E-state index contributed by atoms with van der Waals surface area (Å²) in [5, 5.41) is 3.20. The van der Waals surface area contributed by atoms with Gasteiger partial charge >= 0.3 is 0 Å². The highest BCUT2D eigenvalue weighted by Crippen LogP contribution is 1.96. The quantitative estimate of drug-likeness (QED) is 0.479. The zero-order chi connectivity index (χ0) is 14.7. The van der Waals surface area contributed by atoms with Crippen molar-refractivity contribution in [3.63, 3.8) is 0 Å². The molecule has 0 amide bonds. The lowest BCUT2D eigenvalue weighted by Gasteiger charge is -2.15. The maximum Gasteiger partial charge on any atom is 0.176 e. The Morgan fingerprint density at radius 3 is 2.00 bits per heavy atom. The number of aliphatic imine (C=N–C) groups is 1. The van der Waals surface area contributed by atoms with Gasteiger partial charge in [0, 0.05) is 39.8 Å². The minimum absolute atomic E-state index is 0.257. The molecular formula is C13H26N2O4. The molecule has 0 rings (SSSR count). The van der Waals surface area contributed by atoms with Gasteiger partial charge in [-0.3, -0.25) is 4.99 Å². The van der Waals surface area contributed by atoms with Crippen LogP contribution in [0.2, 0.25) is 0 Å². The molecule has 0 bridgehead atoms. The second kappa shape index (κ2) is 10.9. The Balaban J connectivity index is 4.22. The van der Waals surface area contributed by atoms with E-state index < -0.39 is 0 Å². The first-order valence-corrected chi connectivity index (χ1v) is 6.11. The molecule has 0 aromatic carbocycles. The van der Waals surface area contributed by atoms with Crippen molar-refractivity contribution in [2.45, 2.75) is 26.4 Å². The van der Waals surface area contributed by atoms with Gasteiger partial charge in [-0.1, -0.05) is 0 Å². The van der Waals surface area contributed by atoms with Crippen molar-refractivity contribution in [1.82, 2.24) is 5.32 Å². The molecule has 0 spiro atoms. The van der Waals surface area contributed by atoms with E-state index in [0.717, 1.165) is 11.4 Å².